The molecule has 0 saturated carbocycles. The van der Waals surface area contributed by atoms with E-state index in [2.05, 4.69) is 25.1 Å². The van der Waals surface area contributed by atoms with Gasteiger partial charge in [-0.3, -0.25) is 4.79 Å². The highest BCUT2D eigenvalue weighted by atomic mass is 16.5. The van der Waals surface area contributed by atoms with Gasteiger partial charge in [0.15, 0.2) is 0 Å². The molecule has 102 valence electrons. The van der Waals surface area contributed by atoms with Gasteiger partial charge in [0, 0.05) is 18.4 Å². The Kier molecular flexibility index (Phi) is 4.61. The molecule has 1 aliphatic rings. The number of aryl methyl sites for hydroxylation is 1. The van der Waals surface area contributed by atoms with E-state index in [0.717, 1.165) is 23.3 Å². The summed E-state index contributed by atoms with van der Waals surface area (Å²) in [4.78, 5) is 11.3. The smallest absolute Gasteiger partial charge is 0.306 e. The van der Waals surface area contributed by atoms with Crippen LogP contribution >= 0.6 is 0 Å². The van der Waals surface area contributed by atoms with Gasteiger partial charge in [0.2, 0.25) is 0 Å². The highest BCUT2D eigenvalue weighted by molar-refractivity contribution is 5.69. The molecular weight excluding hydrogens is 240 g/mol. The molecule has 1 aromatic rings. The van der Waals surface area contributed by atoms with Gasteiger partial charge in [-0.1, -0.05) is 18.2 Å². The molecule has 0 aliphatic carbocycles. The summed E-state index contributed by atoms with van der Waals surface area (Å²) in [7, 11) is 0. The fraction of sp³-hybridized carbons (Fsp3) is 0.438. The first-order valence-electron chi connectivity index (χ1n) is 6.80. The number of esters is 1. The third-order valence-electron chi connectivity index (χ3n) is 3.09. The van der Waals surface area contributed by atoms with Crippen molar-refractivity contribution in [3.05, 3.63) is 35.4 Å². The summed E-state index contributed by atoms with van der Waals surface area (Å²) in [5, 5.41) is 0. The van der Waals surface area contributed by atoms with Crippen LogP contribution in [0.3, 0.4) is 0 Å². The summed E-state index contributed by atoms with van der Waals surface area (Å²) in [5.74, 6) is 0.777. The standard InChI is InChI=1S/C16H20O3/c1-3-18-16(17)10-8-13-7-9-15-14(11-13)6-4-5-12(2)19-15/h4,6-7,9,11-12H,3,5,8,10H2,1-2H3. The Morgan fingerprint density at radius 3 is 3.11 bits per heavy atom. The Hall–Kier alpha value is -1.77. The SMILES string of the molecule is CCOC(=O)CCc1ccc2c(c1)C=CCC(C)O2. The number of fused-ring (bicyclic) bond motifs is 1. The molecule has 1 heterocycles. The summed E-state index contributed by atoms with van der Waals surface area (Å²) >= 11 is 0. The number of hydrogen-bond donors (Lipinski definition) is 0. The largest absolute Gasteiger partial charge is 0.490 e. The highest BCUT2D eigenvalue weighted by Crippen LogP contribution is 2.26. The van der Waals surface area contributed by atoms with Crippen molar-refractivity contribution in [1.82, 2.24) is 0 Å². The van der Waals surface area contributed by atoms with Crippen LogP contribution in [0.15, 0.2) is 24.3 Å². The number of carbonyl (C=O) groups excluding carboxylic acids is 1. The Labute approximate surface area is 114 Å². The van der Waals surface area contributed by atoms with E-state index in [1.54, 1.807) is 0 Å². The molecule has 1 aromatic carbocycles. The van der Waals surface area contributed by atoms with Crippen molar-refractivity contribution in [2.24, 2.45) is 0 Å². The lowest BCUT2D eigenvalue weighted by Gasteiger charge is -2.13. The number of rotatable bonds is 4. The number of carbonyl (C=O) groups is 1. The van der Waals surface area contributed by atoms with Crippen LogP contribution in [0.4, 0.5) is 0 Å². The summed E-state index contributed by atoms with van der Waals surface area (Å²) in [5.41, 5.74) is 2.22. The third-order valence-corrected chi connectivity index (χ3v) is 3.09. The molecule has 1 aliphatic heterocycles. The van der Waals surface area contributed by atoms with E-state index in [1.165, 1.54) is 0 Å². The van der Waals surface area contributed by atoms with Crippen molar-refractivity contribution in [2.45, 2.75) is 39.2 Å². The second-order valence-electron chi connectivity index (χ2n) is 4.74. The Morgan fingerprint density at radius 2 is 2.32 bits per heavy atom. The Bertz CT molecular complexity index is 477. The molecule has 3 heteroatoms. The van der Waals surface area contributed by atoms with E-state index in [4.69, 9.17) is 9.47 Å². The second-order valence-corrected chi connectivity index (χ2v) is 4.74. The summed E-state index contributed by atoms with van der Waals surface area (Å²) < 4.78 is 10.8. The average Bonchev–Trinajstić information content (AvgIpc) is 2.57. The van der Waals surface area contributed by atoms with Gasteiger partial charge >= 0.3 is 5.97 Å². The van der Waals surface area contributed by atoms with Gasteiger partial charge in [-0.15, -0.1) is 0 Å². The minimum atomic E-state index is -0.141. The molecule has 0 N–H and O–H groups in total. The van der Waals surface area contributed by atoms with Gasteiger partial charge in [-0.2, -0.15) is 0 Å². The summed E-state index contributed by atoms with van der Waals surface area (Å²) in [6.07, 6.45) is 6.48. The molecule has 1 unspecified atom stereocenters. The van der Waals surface area contributed by atoms with E-state index < -0.39 is 0 Å². The third kappa shape index (κ3) is 3.85. The predicted octanol–water partition coefficient (Wildman–Crippen LogP) is 3.37. The molecule has 2 rings (SSSR count). The number of ether oxygens (including phenoxy) is 2. The lowest BCUT2D eigenvalue weighted by molar-refractivity contribution is -0.143. The van der Waals surface area contributed by atoms with Crippen LogP contribution in [-0.2, 0) is 16.0 Å². The zero-order valence-corrected chi connectivity index (χ0v) is 11.5. The summed E-state index contributed by atoms with van der Waals surface area (Å²) in [6, 6.07) is 6.09. The van der Waals surface area contributed by atoms with Crippen LogP contribution in [0.25, 0.3) is 6.08 Å². The molecule has 0 radical (unpaired) electrons. The highest BCUT2D eigenvalue weighted by Gasteiger charge is 2.11. The van der Waals surface area contributed by atoms with Crippen LogP contribution in [0.5, 0.6) is 5.75 Å². The second kappa shape index (κ2) is 6.41. The molecule has 1 atom stereocenters. The molecule has 0 saturated heterocycles. The molecule has 0 bridgehead atoms. The van der Waals surface area contributed by atoms with Crippen LogP contribution in [-0.4, -0.2) is 18.7 Å². The van der Waals surface area contributed by atoms with Crippen molar-refractivity contribution >= 4 is 12.0 Å². The first-order chi connectivity index (χ1) is 9.19. The van der Waals surface area contributed by atoms with Gasteiger partial charge in [-0.05, 0) is 38.0 Å². The molecule has 0 amide bonds. The minimum absolute atomic E-state index is 0.141. The minimum Gasteiger partial charge on any atom is -0.490 e. The van der Waals surface area contributed by atoms with E-state index in [0.29, 0.717) is 19.4 Å². The van der Waals surface area contributed by atoms with E-state index in [-0.39, 0.29) is 12.1 Å². The first kappa shape index (κ1) is 13.7. The van der Waals surface area contributed by atoms with Gasteiger partial charge in [0.25, 0.3) is 0 Å². The van der Waals surface area contributed by atoms with Crippen LogP contribution in [0.1, 0.15) is 37.8 Å². The predicted molar refractivity (Wildman–Crippen MR) is 75.1 cm³/mol. The van der Waals surface area contributed by atoms with Gasteiger partial charge in [0.1, 0.15) is 5.75 Å². The van der Waals surface area contributed by atoms with Gasteiger partial charge in [0.05, 0.1) is 12.7 Å². The zero-order chi connectivity index (χ0) is 13.7. The Balaban J connectivity index is 2.04. The maximum atomic E-state index is 11.3. The molecule has 0 spiro atoms. The maximum absolute atomic E-state index is 11.3. The lowest BCUT2D eigenvalue weighted by Crippen LogP contribution is -2.09. The van der Waals surface area contributed by atoms with Crippen molar-refractivity contribution in [2.75, 3.05) is 6.61 Å². The van der Waals surface area contributed by atoms with Crippen LogP contribution in [0.2, 0.25) is 0 Å². The quantitative estimate of drug-likeness (QED) is 0.779. The van der Waals surface area contributed by atoms with Crippen LogP contribution in [0, 0.1) is 0 Å². The van der Waals surface area contributed by atoms with E-state index >= 15 is 0 Å². The van der Waals surface area contributed by atoms with Gasteiger partial charge in [-0.25, -0.2) is 0 Å². The molecule has 0 aromatic heterocycles. The average molecular weight is 260 g/mol. The van der Waals surface area contributed by atoms with Crippen molar-refractivity contribution in [1.29, 1.82) is 0 Å². The van der Waals surface area contributed by atoms with Crippen molar-refractivity contribution < 1.29 is 14.3 Å². The van der Waals surface area contributed by atoms with Crippen molar-refractivity contribution in [3.8, 4) is 5.75 Å². The molecule has 19 heavy (non-hydrogen) atoms. The summed E-state index contributed by atoms with van der Waals surface area (Å²) in [6.45, 7) is 4.33. The normalized spacial score (nSPS) is 17.3. The van der Waals surface area contributed by atoms with Crippen LogP contribution < -0.4 is 4.74 Å². The lowest BCUT2D eigenvalue weighted by atomic mass is 10.1. The molecule has 0 fully saturated rings. The topological polar surface area (TPSA) is 35.5 Å². The maximum Gasteiger partial charge on any atom is 0.306 e. The first-order valence-corrected chi connectivity index (χ1v) is 6.80. The van der Waals surface area contributed by atoms with E-state index in [1.807, 2.05) is 19.1 Å². The molecular formula is C16H20O3. The number of benzene rings is 1. The zero-order valence-electron chi connectivity index (χ0n) is 11.5. The number of hydrogen-bond acceptors (Lipinski definition) is 3. The fourth-order valence-corrected chi connectivity index (χ4v) is 2.12. The molecule has 3 nitrogen and oxygen atoms in total. The monoisotopic (exact) mass is 260 g/mol. The Morgan fingerprint density at radius 1 is 1.47 bits per heavy atom. The van der Waals surface area contributed by atoms with Crippen molar-refractivity contribution in [3.63, 3.8) is 0 Å². The van der Waals surface area contributed by atoms with E-state index in [9.17, 15) is 4.79 Å². The van der Waals surface area contributed by atoms with Gasteiger partial charge < -0.3 is 9.47 Å². The fourth-order valence-electron chi connectivity index (χ4n) is 2.12.